The highest BCUT2D eigenvalue weighted by Gasteiger charge is 2.29. The van der Waals surface area contributed by atoms with Crippen LogP contribution in [0.4, 0.5) is 11.4 Å². The number of para-hydroxylation sites is 1. The third-order valence-electron chi connectivity index (χ3n) is 5.37. The van der Waals surface area contributed by atoms with Gasteiger partial charge >= 0.3 is 0 Å². The lowest BCUT2D eigenvalue weighted by Crippen LogP contribution is -2.33. The number of nitrogens with zero attached hydrogens (tertiary/aromatic N) is 2. The minimum Gasteiger partial charge on any atom is -0.322 e. The zero-order chi connectivity index (χ0) is 20.0. The van der Waals surface area contributed by atoms with Crippen LogP contribution in [0.3, 0.4) is 0 Å². The standard InChI is InChI=1S/C23H23N3O2/c1-13-6-5-7-17-12-20(15(3)24-22(13)17)23(28)25-19-8-9-21-18(11-19)10-14(2)26(21)16(4)27/h5-9,11-12,14H,10H2,1-4H3,(H,25,28). The van der Waals surface area contributed by atoms with Gasteiger partial charge in [0, 0.05) is 29.7 Å². The Balaban J connectivity index is 1.63. The highest BCUT2D eigenvalue weighted by molar-refractivity contribution is 6.07. The molecule has 0 radical (unpaired) electrons. The zero-order valence-electron chi connectivity index (χ0n) is 16.5. The Kier molecular flexibility index (Phi) is 4.38. The number of amides is 2. The molecule has 2 amide bonds. The van der Waals surface area contributed by atoms with Crippen molar-refractivity contribution in [2.24, 2.45) is 0 Å². The molecule has 5 heteroatoms. The van der Waals surface area contributed by atoms with E-state index >= 15 is 0 Å². The number of aromatic nitrogens is 1. The minimum atomic E-state index is -0.178. The number of carbonyl (C=O) groups is 2. The summed E-state index contributed by atoms with van der Waals surface area (Å²) in [6.45, 7) is 7.49. The molecule has 0 saturated heterocycles. The third-order valence-corrected chi connectivity index (χ3v) is 5.37. The van der Waals surface area contributed by atoms with E-state index in [0.717, 1.165) is 39.8 Å². The number of benzene rings is 2. The molecule has 0 fully saturated rings. The highest BCUT2D eigenvalue weighted by atomic mass is 16.2. The molecule has 0 aliphatic carbocycles. The SMILES string of the molecule is CC(=O)N1c2ccc(NC(=O)c3cc4cccc(C)c4nc3C)cc2CC1C. The van der Waals surface area contributed by atoms with Crippen molar-refractivity contribution in [3.05, 3.63) is 64.8 Å². The van der Waals surface area contributed by atoms with Crippen LogP contribution in [-0.2, 0) is 11.2 Å². The number of hydrogen-bond acceptors (Lipinski definition) is 3. The predicted octanol–water partition coefficient (Wildman–Crippen LogP) is 4.40. The predicted molar refractivity (Wildman–Crippen MR) is 112 cm³/mol. The maximum Gasteiger partial charge on any atom is 0.257 e. The normalized spacial score (nSPS) is 15.6. The molecule has 1 N–H and O–H groups in total. The van der Waals surface area contributed by atoms with E-state index in [1.807, 2.05) is 63.2 Å². The van der Waals surface area contributed by atoms with Crippen LogP contribution in [0.25, 0.3) is 10.9 Å². The molecule has 1 unspecified atom stereocenters. The molecule has 142 valence electrons. The van der Waals surface area contributed by atoms with E-state index in [2.05, 4.69) is 10.3 Å². The fraction of sp³-hybridized carbons (Fsp3) is 0.261. The Bertz CT molecular complexity index is 1120. The molecule has 5 nitrogen and oxygen atoms in total. The lowest BCUT2D eigenvalue weighted by atomic mass is 10.1. The molecule has 1 aliphatic rings. The van der Waals surface area contributed by atoms with Crippen LogP contribution in [0.5, 0.6) is 0 Å². The molecule has 2 aromatic carbocycles. The average Bonchev–Trinajstić information content (AvgIpc) is 2.97. The summed E-state index contributed by atoms with van der Waals surface area (Å²) in [5.41, 5.74) is 6.02. The molecule has 2 heterocycles. The monoisotopic (exact) mass is 373 g/mol. The number of nitrogens with one attached hydrogen (secondary N) is 1. The van der Waals surface area contributed by atoms with Gasteiger partial charge in [-0.05, 0) is 62.6 Å². The van der Waals surface area contributed by atoms with Gasteiger partial charge in [-0.3, -0.25) is 14.6 Å². The summed E-state index contributed by atoms with van der Waals surface area (Å²) in [6.07, 6.45) is 0.786. The number of carbonyl (C=O) groups excluding carboxylic acids is 2. The van der Waals surface area contributed by atoms with Crippen molar-refractivity contribution < 1.29 is 9.59 Å². The summed E-state index contributed by atoms with van der Waals surface area (Å²) in [5.74, 6) is -0.140. The summed E-state index contributed by atoms with van der Waals surface area (Å²) in [4.78, 5) is 31.2. The molecular weight excluding hydrogens is 350 g/mol. The molecular formula is C23H23N3O2. The summed E-state index contributed by atoms with van der Waals surface area (Å²) in [7, 11) is 0. The van der Waals surface area contributed by atoms with Crippen molar-refractivity contribution in [1.29, 1.82) is 0 Å². The van der Waals surface area contributed by atoms with Gasteiger partial charge in [-0.2, -0.15) is 0 Å². The van der Waals surface area contributed by atoms with Gasteiger partial charge in [0.2, 0.25) is 5.91 Å². The van der Waals surface area contributed by atoms with Gasteiger partial charge in [0.05, 0.1) is 16.8 Å². The van der Waals surface area contributed by atoms with Gasteiger partial charge in [-0.1, -0.05) is 18.2 Å². The Labute approximate surface area is 164 Å². The Hall–Kier alpha value is -3.21. The number of pyridine rings is 1. The van der Waals surface area contributed by atoms with Crippen molar-refractivity contribution >= 4 is 34.1 Å². The quantitative estimate of drug-likeness (QED) is 0.724. The van der Waals surface area contributed by atoms with E-state index in [1.165, 1.54) is 0 Å². The highest BCUT2D eigenvalue weighted by Crippen LogP contribution is 2.34. The van der Waals surface area contributed by atoms with Crippen molar-refractivity contribution in [2.75, 3.05) is 10.2 Å². The van der Waals surface area contributed by atoms with Crippen LogP contribution in [0, 0.1) is 13.8 Å². The zero-order valence-corrected chi connectivity index (χ0v) is 16.5. The molecule has 0 saturated carbocycles. The van der Waals surface area contributed by atoms with E-state index in [9.17, 15) is 9.59 Å². The average molecular weight is 373 g/mol. The summed E-state index contributed by atoms with van der Waals surface area (Å²) < 4.78 is 0. The summed E-state index contributed by atoms with van der Waals surface area (Å²) in [5, 5.41) is 3.94. The number of fused-ring (bicyclic) bond motifs is 2. The topological polar surface area (TPSA) is 62.3 Å². The largest absolute Gasteiger partial charge is 0.322 e. The first-order valence-corrected chi connectivity index (χ1v) is 9.46. The second kappa shape index (κ2) is 6.75. The first-order chi connectivity index (χ1) is 13.3. The lowest BCUT2D eigenvalue weighted by molar-refractivity contribution is -0.116. The van der Waals surface area contributed by atoms with E-state index in [0.29, 0.717) is 11.3 Å². The first-order valence-electron chi connectivity index (χ1n) is 9.46. The van der Waals surface area contributed by atoms with Crippen molar-refractivity contribution in [2.45, 2.75) is 40.2 Å². The fourth-order valence-corrected chi connectivity index (χ4v) is 4.06. The minimum absolute atomic E-state index is 0.0381. The van der Waals surface area contributed by atoms with Crippen molar-refractivity contribution in [3.8, 4) is 0 Å². The van der Waals surface area contributed by atoms with E-state index < -0.39 is 0 Å². The van der Waals surface area contributed by atoms with Gasteiger partial charge < -0.3 is 10.2 Å². The van der Waals surface area contributed by atoms with Gasteiger partial charge in [0.1, 0.15) is 0 Å². The van der Waals surface area contributed by atoms with Crippen LogP contribution in [0.1, 0.15) is 41.0 Å². The Morgan fingerprint density at radius 2 is 1.93 bits per heavy atom. The van der Waals surface area contributed by atoms with Gasteiger partial charge in [0.15, 0.2) is 0 Å². The smallest absolute Gasteiger partial charge is 0.257 e. The van der Waals surface area contributed by atoms with Gasteiger partial charge in [0.25, 0.3) is 5.91 Å². The van der Waals surface area contributed by atoms with E-state index in [4.69, 9.17) is 0 Å². The van der Waals surface area contributed by atoms with Crippen LogP contribution < -0.4 is 10.2 Å². The Morgan fingerprint density at radius 3 is 2.68 bits per heavy atom. The van der Waals surface area contributed by atoms with Gasteiger partial charge in [-0.25, -0.2) is 0 Å². The van der Waals surface area contributed by atoms with Crippen molar-refractivity contribution in [1.82, 2.24) is 4.98 Å². The second-order valence-corrected chi connectivity index (χ2v) is 7.51. The van der Waals surface area contributed by atoms with Crippen LogP contribution in [-0.4, -0.2) is 22.8 Å². The molecule has 1 aromatic heterocycles. The molecule has 28 heavy (non-hydrogen) atoms. The number of hydrogen-bond donors (Lipinski definition) is 1. The molecule has 0 spiro atoms. The maximum atomic E-state index is 12.9. The summed E-state index contributed by atoms with van der Waals surface area (Å²) >= 11 is 0. The number of rotatable bonds is 2. The molecule has 3 aromatic rings. The van der Waals surface area contributed by atoms with Gasteiger partial charge in [-0.15, -0.1) is 0 Å². The van der Waals surface area contributed by atoms with Crippen LogP contribution in [0.15, 0.2) is 42.5 Å². The van der Waals surface area contributed by atoms with E-state index in [-0.39, 0.29) is 17.9 Å². The Morgan fingerprint density at radius 1 is 1.14 bits per heavy atom. The second-order valence-electron chi connectivity index (χ2n) is 7.51. The fourth-order valence-electron chi connectivity index (χ4n) is 4.06. The first kappa shape index (κ1) is 18.2. The number of anilines is 2. The summed E-state index contributed by atoms with van der Waals surface area (Å²) in [6, 6.07) is 13.7. The maximum absolute atomic E-state index is 12.9. The molecule has 0 bridgehead atoms. The molecule has 4 rings (SSSR count). The molecule has 1 atom stereocenters. The number of aryl methyl sites for hydroxylation is 2. The lowest BCUT2D eigenvalue weighted by Gasteiger charge is -2.20. The van der Waals surface area contributed by atoms with Crippen molar-refractivity contribution in [3.63, 3.8) is 0 Å². The van der Waals surface area contributed by atoms with Crippen LogP contribution >= 0.6 is 0 Å². The molecule has 1 aliphatic heterocycles. The van der Waals surface area contributed by atoms with Crippen LogP contribution in [0.2, 0.25) is 0 Å². The third kappa shape index (κ3) is 3.03. The van der Waals surface area contributed by atoms with E-state index in [1.54, 1.807) is 11.8 Å².